The van der Waals surface area contributed by atoms with E-state index in [1.165, 1.54) is 24.3 Å². The van der Waals surface area contributed by atoms with Crippen molar-refractivity contribution in [1.82, 2.24) is 15.0 Å². The van der Waals surface area contributed by atoms with Gasteiger partial charge in [-0.1, -0.05) is 32.0 Å². The molecule has 138 valence electrons. The van der Waals surface area contributed by atoms with Gasteiger partial charge in [0, 0.05) is 12.1 Å². The molecule has 0 spiro atoms. The second kappa shape index (κ2) is 7.99. The Hall–Kier alpha value is -2.90. The largest absolute Gasteiger partial charge is 0.417 e. The van der Waals surface area contributed by atoms with Crippen LogP contribution in [0.3, 0.4) is 0 Å². The van der Waals surface area contributed by atoms with Gasteiger partial charge in [-0.05, 0) is 25.1 Å². The summed E-state index contributed by atoms with van der Waals surface area (Å²) >= 11 is 0. The molecule has 0 amide bonds. The van der Waals surface area contributed by atoms with Crippen LogP contribution in [-0.4, -0.2) is 21.5 Å². The predicted molar refractivity (Wildman–Crippen MR) is 97.7 cm³/mol. The first kappa shape index (κ1) is 19.4. The zero-order chi connectivity index (χ0) is 19.3. The molecule has 0 aliphatic carbocycles. The Bertz CT molecular complexity index is 894. The van der Waals surface area contributed by atoms with E-state index in [-0.39, 0.29) is 22.9 Å². The van der Waals surface area contributed by atoms with Crippen molar-refractivity contribution in [2.75, 3.05) is 17.6 Å². The molecule has 5 nitrogen and oxygen atoms in total. The Morgan fingerprint density at radius 1 is 1.00 bits per heavy atom. The standard InChI is InChI=1S/C16H14F3N5.C2H6/c1-2-21-13-10-7-8-12(22-14(10)24-15(20)23-13)9-5-3-4-6-11(9)16(17,18)19;1-2/h3-8H,2H2,1H3,(H3,20,21,22,23,24);1-2H3. The summed E-state index contributed by atoms with van der Waals surface area (Å²) in [6, 6.07) is 8.45. The fraction of sp³-hybridized carbons (Fsp3) is 0.278. The quantitative estimate of drug-likeness (QED) is 0.702. The molecule has 8 heteroatoms. The van der Waals surface area contributed by atoms with E-state index in [0.29, 0.717) is 17.7 Å². The summed E-state index contributed by atoms with van der Waals surface area (Å²) in [5, 5.41) is 3.63. The van der Waals surface area contributed by atoms with E-state index in [4.69, 9.17) is 5.73 Å². The molecule has 0 unspecified atom stereocenters. The molecule has 0 atom stereocenters. The average molecular weight is 363 g/mol. The number of nitrogens with two attached hydrogens (primary N) is 1. The highest BCUT2D eigenvalue weighted by atomic mass is 19.4. The van der Waals surface area contributed by atoms with Gasteiger partial charge in [-0.2, -0.15) is 23.1 Å². The average Bonchev–Trinajstić information content (AvgIpc) is 2.62. The third kappa shape index (κ3) is 4.01. The number of rotatable bonds is 3. The number of nitrogen functional groups attached to an aromatic ring is 1. The van der Waals surface area contributed by atoms with Crippen molar-refractivity contribution in [2.24, 2.45) is 0 Å². The zero-order valence-electron chi connectivity index (χ0n) is 14.7. The molecule has 0 bridgehead atoms. The van der Waals surface area contributed by atoms with E-state index < -0.39 is 11.7 Å². The van der Waals surface area contributed by atoms with Gasteiger partial charge in [0.05, 0.1) is 16.6 Å². The van der Waals surface area contributed by atoms with Gasteiger partial charge < -0.3 is 11.1 Å². The van der Waals surface area contributed by atoms with E-state index in [2.05, 4.69) is 20.3 Å². The van der Waals surface area contributed by atoms with Gasteiger partial charge >= 0.3 is 6.18 Å². The minimum atomic E-state index is -4.47. The summed E-state index contributed by atoms with van der Waals surface area (Å²) in [5.74, 6) is 0.510. The fourth-order valence-electron chi connectivity index (χ4n) is 2.43. The number of nitrogens with one attached hydrogen (secondary N) is 1. The minimum Gasteiger partial charge on any atom is -0.370 e. The molecular formula is C18H20F3N5. The predicted octanol–water partition coefficient (Wildman–Crippen LogP) is 4.75. The number of hydrogen-bond acceptors (Lipinski definition) is 5. The van der Waals surface area contributed by atoms with Gasteiger partial charge in [-0.3, -0.25) is 0 Å². The molecule has 0 aliphatic rings. The molecular weight excluding hydrogens is 343 g/mol. The second-order valence-electron chi connectivity index (χ2n) is 5.07. The second-order valence-corrected chi connectivity index (χ2v) is 5.07. The van der Waals surface area contributed by atoms with Crippen molar-refractivity contribution in [3.05, 3.63) is 42.0 Å². The number of benzene rings is 1. The number of aromatic nitrogens is 3. The van der Waals surface area contributed by atoms with Crippen molar-refractivity contribution < 1.29 is 13.2 Å². The first-order valence-corrected chi connectivity index (χ1v) is 8.25. The van der Waals surface area contributed by atoms with Crippen LogP contribution in [0.5, 0.6) is 0 Å². The molecule has 3 rings (SSSR count). The summed E-state index contributed by atoms with van der Waals surface area (Å²) < 4.78 is 39.6. The molecule has 2 heterocycles. The van der Waals surface area contributed by atoms with Crippen molar-refractivity contribution >= 4 is 22.8 Å². The lowest BCUT2D eigenvalue weighted by atomic mass is 10.0. The van der Waals surface area contributed by atoms with Crippen LogP contribution in [0.2, 0.25) is 0 Å². The van der Waals surface area contributed by atoms with E-state index in [1.54, 1.807) is 6.07 Å². The number of hydrogen-bond donors (Lipinski definition) is 2. The lowest BCUT2D eigenvalue weighted by Crippen LogP contribution is -2.08. The smallest absolute Gasteiger partial charge is 0.370 e. The van der Waals surface area contributed by atoms with Gasteiger partial charge in [0.15, 0.2) is 5.65 Å². The summed E-state index contributed by atoms with van der Waals surface area (Å²) in [7, 11) is 0. The van der Waals surface area contributed by atoms with Gasteiger partial charge in [0.25, 0.3) is 0 Å². The molecule has 0 fully saturated rings. The van der Waals surface area contributed by atoms with Crippen LogP contribution in [0.25, 0.3) is 22.3 Å². The topological polar surface area (TPSA) is 76.7 Å². The van der Waals surface area contributed by atoms with Gasteiger partial charge in [-0.15, -0.1) is 0 Å². The van der Waals surface area contributed by atoms with Crippen molar-refractivity contribution in [2.45, 2.75) is 26.9 Å². The highest BCUT2D eigenvalue weighted by Gasteiger charge is 2.33. The first-order chi connectivity index (χ1) is 12.4. The van der Waals surface area contributed by atoms with Gasteiger partial charge in [0.1, 0.15) is 5.82 Å². The molecule has 3 aromatic rings. The van der Waals surface area contributed by atoms with E-state index in [1.807, 2.05) is 20.8 Å². The Morgan fingerprint density at radius 3 is 2.35 bits per heavy atom. The highest BCUT2D eigenvalue weighted by molar-refractivity contribution is 5.89. The van der Waals surface area contributed by atoms with Gasteiger partial charge in [-0.25, -0.2) is 4.98 Å². The fourth-order valence-corrected chi connectivity index (χ4v) is 2.43. The molecule has 0 aliphatic heterocycles. The van der Waals surface area contributed by atoms with E-state index >= 15 is 0 Å². The molecule has 26 heavy (non-hydrogen) atoms. The van der Waals surface area contributed by atoms with Gasteiger partial charge in [0.2, 0.25) is 5.95 Å². The van der Waals surface area contributed by atoms with Crippen LogP contribution >= 0.6 is 0 Å². The monoisotopic (exact) mass is 363 g/mol. The molecule has 2 aromatic heterocycles. The maximum Gasteiger partial charge on any atom is 0.417 e. The molecule has 0 radical (unpaired) electrons. The number of alkyl halides is 3. The third-order valence-corrected chi connectivity index (χ3v) is 3.43. The summed E-state index contributed by atoms with van der Waals surface area (Å²) in [6.07, 6.45) is -4.47. The Kier molecular flexibility index (Phi) is 5.97. The number of anilines is 2. The zero-order valence-corrected chi connectivity index (χ0v) is 14.7. The normalized spacial score (nSPS) is 11.0. The van der Waals surface area contributed by atoms with E-state index in [9.17, 15) is 13.2 Å². The summed E-state index contributed by atoms with van der Waals surface area (Å²) in [6.45, 7) is 6.51. The van der Waals surface area contributed by atoms with Crippen molar-refractivity contribution in [3.8, 4) is 11.3 Å². The van der Waals surface area contributed by atoms with Crippen LogP contribution in [0.4, 0.5) is 24.9 Å². The number of pyridine rings is 1. The van der Waals surface area contributed by atoms with Crippen molar-refractivity contribution in [3.63, 3.8) is 0 Å². The van der Waals surface area contributed by atoms with Crippen LogP contribution in [-0.2, 0) is 6.18 Å². The molecule has 1 aromatic carbocycles. The molecule has 3 N–H and O–H groups in total. The van der Waals surface area contributed by atoms with Crippen LogP contribution < -0.4 is 11.1 Å². The molecule has 0 saturated heterocycles. The number of halogens is 3. The Balaban J connectivity index is 0.00000117. The maximum absolute atomic E-state index is 13.2. The van der Waals surface area contributed by atoms with Crippen LogP contribution in [0.15, 0.2) is 36.4 Å². The first-order valence-electron chi connectivity index (χ1n) is 8.25. The lowest BCUT2D eigenvalue weighted by molar-refractivity contribution is -0.137. The Morgan fingerprint density at radius 2 is 1.69 bits per heavy atom. The maximum atomic E-state index is 13.2. The minimum absolute atomic E-state index is 0.00548. The summed E-state index contributed by atoms with van der Waals surface area (Å²) in [4.78, 5) is 12.4. The Labute approximate surface area is 149 Å². The molecule has 0 saturated carbocycles. The van der Waals surface area contributed by atoms with Crippen LogP contribution in [0.1, 0.15) is 26.3 Å². The number of nitrogens with zero attached hydrogens (tertiary/aromatic N) is 3. The van der Waals surface area contributed by atoms with Crippen molar-refractivity contribution in [1.29, 1.82) is 0 Å². The van der Waals surface area contributed by atoms with Crippen LogP contribution in [0, 0.1) is 0 Å². The highest BCUT2D eigenvalue weighted by Crippen LogP contribution is 2.36. The summed E-state index contributed by atoms with van der Waals surface area (Å²) in [5.41, 5.74) is 5.33. The third-order valence-electron chi connectivity index (χ3n) is 3.43. The van der Waals surface area contributed by atoms with E-state index in [0.717, 1.165) is 6.07 Å². The number of fused-ring (bicyclic) bond motifs is 1. The lowest BCUT2D eigenvalue weighted by Gasteiger charge is -2.13. The SMILES string of the molecule is CC.CCNc1nc(N)nc2nc(-c3ccccc3C(F)(F)F)ccc12.